The van der Waals surface area contributed by atoms with Crippen LogP contribution in [0.5, 0.6) is 0 Å². The zero-order chi connectivity index (χ0) is 14.9. The van der Waals surface area contributed by atoms with Gasteiger partial charge in [-0.3, -0.25) is 4.90 Å². The van der Waals surface area contributed by atoms with Gasteiger partial charge in [-0.15, -0.1) is 0 Å². The van der Waals surface area contributed by atoms with E-state index < -0.39 is 22.2 Å². The molecular formula is C12H26F3NO2Si. The van der Waals surface area contributed by atoms with Crippen LogP contribution >= 0.6 is 0 Å². The van der Waals surface area contributed by atoms with Gasteiger partial charge in [0.25, 0.3) is 0 Å². The molecule has 1 aliphatic rings. The van der Waals surface area contributed by atoms with Crippen LogP contribution in [-0.4, -0.2) is 53.9 Å². The Kier molecular flexibility index (Phi) is 9.68. The van der Waals surface area contributed by atoms with Crippen LogP contribution in [0.3, 0.4) is 0 Å². The van der Waals surface area contributed by atoms with Gasteiger partial charge in [0.05, 0.1) is 0 Å². The summed E-state index contributed by atoms with van der Waals surface area (Å²) in [7, 11) is 2.73. The van der Waals surface area contributed by atoms with Gasteiger partial charge in [-0.05, 0) is 32.7 Å². The molecule has 1 heterocycles. The fraction of sp³-hybridized carbons (Fsp3) is 1.00. The van der Waals surface area contributed by atoms with Crippen LogP contribution in [0.25, 0.3) is 0 Å². The minimum atomic E-state index is -4.08. The second kappa shape index (κ2) is 9.74. The van der Waals surface area contributed by atoms with E-state index in [0.717, 1.165) is 25.7 Å². The number of piperidine rings is 1. The first kappa shape index (κ1) is 18.9. The molecule has 0 aliphatic carbocycles. The molecule has 3 nitrogen and oxygen atoms in total. The molecule has 7 heteroatoms. The van der Waals surface area contributed by atoms with E-state index in [9.17, 15) is 13.2 Å². The van der Waals surface area contributed by atoms with Gasteiger partial charge in [-0.2, -0.15) is 13.2 Å². The topological polar surface area (TPSA) is 21.7 Å². The number of hydrogen-bond acceptors (Lipinski definition) is 3. The lowest BCUT2D eigenvalue weighted by molar-refractivity contribution is -0.187. The summed E-state index contributed by atoms with van der Waals surface area (Å²) in [6.45, 7) is 3.83. The molecule has 0 aromatic heterocycles. The highest BCUT2D eigenvalue weighted by Crippen LogP contribution is 2.30. The summed E-state index contributed by atoms with van der Waals surface area (Å²) in [5, 5.41) is 0. The minimum absolute atomic E-state index is 0.125. The molecule has 19 heavy (non-hydrogen) atoms. The Bertz CT molecular complexity index is 228. The third kappa shape index (κ3) is 7.29. The van der Waals surface area contributed by atoms with Gasteiger partial charge in [-0.25, -0.2) is 0 Å². The van der Waals surface area contributed by atoms with Gasteiger partial charge in [-0.1, -0.05) is 13.3 Å². The molecule has 2 atom stereocenters. The van der Waals surface area contributed by atoms with Gasteiger partial charge < -0.3 is 8.85 Å². The molecule has 2 unspecified atom stereocenters. The number of rotatable bonds is 4. The second-order valence-electron chi connectivity index (χ2n) is 4.71. The standard InChI is InChI=1S/C10H18F3N.C2H8O2Si/c1-3-9-6-4-5-7-14(9)8(2)10(11,12)13;1-3-5-4-2/h8-9H,3-7H2,1-2H3;5H2,1-2H3. The van der Waals surface area contributed by atoms with Crippen LogP contribution in [0.15, 0.2) is 0 Å². The summed E-state index contributed by atoms with van der Waals surface area (Å²) in [6.07, 6.45) is -0.376. The van der Waals surface area contributed by atoms with Gasteiger partial charge in [0.1, 0.15) is 6.04 Å². The number of likely N-dealkylation sites (tertiary alicyclic amines) is 1. The van der Waals surface area contributed by atoms with E-state index in [-0.39, 0.29) is 6.04 Å². The van der Waals surface area contributed by atoms with Crippen molar-refractivity contribution < 1.29 is 22.0 Å². The fourth-order valence-corrected chi connectivity index (χ4v) is 2.51. The molecular weight excluding hydrogens is 275 g/mol. The lowest BCUT2D eigenvalue weighted by atomic mass is 9.98. The van der Waals surface area contributed by atoms with E-state index >= 15 is 0 Å². The second-order valence-corrected chi connectivity index (χ2v) is 6.10. The average Bonchev–Trinajstić information content (AvgIpc) is 2.38. The molecule has 1 saturated heterocycles. The van der Waals surface area contributed by atoms with Crippen molar-refractivity contribution in [1.82, 2.24) is 4.90 Å². The van der Waals surface area contributed by atoms with Crippen molar-refractivity contribution >= 4 is 10.0 Å². The monoisotopic (exact) mass is 301 g/mol. The molecule has 0 bridgehead atoms. The van der Waals surface area contributed by atoms with Crippen LogP contribution in [0.1, 0.15) is 39.5 Å². The van der Waals surface area contributed by atoms with Crippen molar-refractivity contribution in [3.63, 3.8) is 0 Å². The van der Waals surface area contributed by atoms with Crippen molar-refractivity contribution in [1.29, 1.82) is 0 Å². The number of hydrogen-bond donors (Lipinski definition) is 0. The molecule has 0 radical (unpaired) electrons. The molecule has 1 rings (SSSR count). The maximum absolute atomic E-state index is 12.5. The van der Waals surface area contributed by atoms with Crippen LogP contribution in [0, 0.1) is 0 Å². The Morgan fingerprint density at radius 3 is 2.21 bits per heavy atom. The van der Waals surface area contributed by atoms with E-state index in [0.29, 0.717) is 6.54 Å². The van der Waals surface area contributed by atoms with Crippen LogP contribution < -0.4 is 0 Å². The SMILES string of the molecule is CCC1CCCCN1C(C)C(F)(F)F.CO[SiH2]OC. The number of halogens is 3. The maximum atomic E-state index is 12.5. The third-order valence-corrected chi connectivity index (χ3v) is 3.82. The summed E-state index contributed by atoms with van der Waals surface area (Å²) in [5.74, 6) is 0. The van der Waals surface area contributed by atoms with E-state index in [1.807, 2.05) is 6.92 Å². The van der Waals surface area contributed by atoms with Crippen LogP contribution in [0.2, 0.25) is 0 Å². The predicted octanol–water partition coefficient (Wildman–Crippen LogP) is 2.48. The summed E-state index contributed by atoms with van der Waals surface area (Å²) >= 11 is 0. The first-order valence-electron chi connectivity index (χ1n) is 6.68. The van der Waals surface area contributed by atoms with Gasteiger partial charge >= 0.3 is 16.2 Å². The molecule has 0 saturated carbocycles. The zero-order valence-electron chi connectivity index (χ0n) is 12.3. The van der Waals surface area contributed by atoms with Crippen molar-refractivity contribution in [3.8, 4) is 0 Å². The van der Waals surface area contributed by atoms with E-state index in [4.69, 9.17) is 0 Å². The highest BCUT2D eigenvalue weighted by molar-refractivity contribution is 6.17. The Balaban J connectivity index is 0.000000555. The number of nitrogens with zero attached hydrogens (tertiary/aromatic N) is 1. The molecule has 0 aromatic rings. The number of alkyl halides is 3. The van der Waals surface area contributed by atoms with E-state index in [1.54, 1.807) is 19.1 Å². The summed E-state index contributed by atoms with van der Waals surface area (Å²) in [4.78, 5) is 1.61. The highest BCUT2D eigenvalue weighted by atomic mass is 28.3. The average molecular weight is 301 g/mol. The Labute approximate surface area is 116 Å². The Hall–Kier alpha value is -0.113. The first-order valence-corrected chi connectivity index (χ1v) is 7.84. The van der Waals surface area contributed by atoms with Crippen molar-refractivity contribution in [3.05, 3.63) is 0 Å². The van der Waals surface area contributed by atoms with Crippen LogP contribution in [0.4, 0.5) is 13.2 Å². The zero-order valence-corrected chi connectivity index (χ0v) is 13.7. The Morgan fingerprint density at radius 1 is 1.26 bits per heavy atom. The molecule has 1 fully saturated rings. The van der Waals surface area contributed by atoms with E-state index in [1.165, 1.54) is 6.92 Å². The predicted molar refractivity (Wildman–Crippen MR) is 72.7 cm³/mol. The first-order chi connectivity index (χ1) is 8.88. The van der Waals surface area contributed by atoms with Gasteiger partial charge in [0.2, 0.25) is 0 Å². The highest BCUT2D eigenvalue weighted by Gasteiger charge is 2.42. The van der Waals surface area contributed by atoms with Crippen LogP contribution in [-0.2, 0) is 8.85 Å². The van der Waals surface area contributed by atoms with Gasteiger partial charge in [0.15, 0.2) is 0 Å². The summed E-state index contributed by atoms with van der Waals surface area (Å²) in [5.41, 5.74) is 0. The minimum Gasteiger partial charge on any atom is -0.402 e. The Morgan fingerprint density at radius 2 is 1.84 bits per heavy atom. The lowest BCUT2D eigenvalue weighted by Crippen LogP contribution is -2.50. The molecule has 0 aromatic carbocycles. The van der Waals surface area contributed by atoms with Crippen molar-refractivity contribution in [2.45, 2.75) is 57.8 Å². The van der Waals surface area contributed by atoms with Crippen molar-refractivity contribution in [2.24, 2.45) is 0 Å². The molecule has 0 spiro atoms. The maximum Gasteiger partial charge on any atom is 0.403 e. The molecule has 0 amide bonds. The van der Waals surface area contributed by atoms with Gasteiger partial charge in [0, 0.05) is 20.3 Å². The van der Waals surface area contributed by atoms with E-state index in [2.05, 4.69) is 8.85 Å². The third-order valence-electron chi connectivity index (χ3n) is 3.35. The molecule has 0 N–H and O–H groups in total. The molecule has 116 valence electrons. The lowest BCUT2D eigenvalue weighted by Gasteiger charge is -2.40. The quantitative estimate of drug-likeness (QED) is 0.745. The summed E-state index contributed by atoms with van der Waals surface area (Å²) < 4.78 is 46.7. The fourth-order valence-electron chi connectivity index (χ4n) is 2.28. The van der Waals surface area contributed by atoms with Crippen molar-refractivity contribution in [2.75, 3.05) is 20.8 Å². The smallest absolute Gasteiger partial charge is 0.402 e. The largest absolute Gasteiger partial charge is 0.403 e. The normalized spacial score (nSPS) is 22.6. The summed E-state index contributed by atoms with van der Waals surface area (Å²) in [6, 6.07) is -1.16. The molecule has 1 aliphatic heterocycles.